The minimum Gasteiger partial charge on any atom is -0.480 e. The van der Waals surface area contributed by atoms with Crippen LogP contribution in [0.1, 0.15) is 71.9 Å². The lowest BCUT2D eigenvalue weighted by molar-refractivity contribution is -0.274. The molecule has 0 spiro atoms. The zero-order valence-corrected chi connectivity index (χ0v) is 30.5. The van der Waals surface area contributed by atoms with Crippen LogP contribution in [0.4, 0.5) is 13.2 Å². The lowest BCUT2D eigenvalue weighted by atomic mass is 9.93. The summed E-state index contributed by atoms with van der Waals surface area (Å²) < 4.78 is 42.1. The molecule has 0 heterocycles. The van der Waals surface area contributed by atoms with E-state index in [2.05, 4.69) is 26.0 Å². The van der Waals surface area contributed by atoms with E-state index in [-0.39, 0.29) is 36.7 Å². The van der Waals surface area contributed by atoms with Crippen molar-refractivity contribution in [3.8, 4) is 5.75 Å². The van der Waals surface area contributed by atoms with Crippen LogP contribution < -0.4 is 31.7 Å². The number of carboxylic acids is 1. The Balaban J connectivity index is 2.25. The Labute approximate surface area is 302 Å². The number of hydrogen-bond acceptors (Lipinski definition) is 7. The van der Waals surface area contributed by atoms with Gasteiger partial charge in [-0.2, -0.15) is 0 Å². The SMILES string of the molecule is CCC(C)C(NC(=O)Cc1cccc(OC(F)(F)F)c1)C(=O)N[C@@H](Cc1ccccc1)[C@@H](N)CC(=O)N[C@H](C(=O)N[C@H](C(=O)O)C(C)C)[C@@H](C)CC. The Bertz CT molecular complexity index is 1490. The van der Waals surface area contributed by atoms with Crippen LogP contribution in [0.3, 0.4) is 0 Å². The highest BCUT2D eigenvalue weighted by molar-refractivity contribution is 5.91. The van der Waals surface area contributed by atoms with Gasteiger partial charge in [-0.25, -0.2) is 4.79 Å². The van der Waals surface area contributed by atoms with Crippen LogP contribution in [0, 0.1) is 17.8 Å². The summed E-state index contributed by atoms with van der Waals surface area (Å²) >= 11 is 0. The van der Waals surface area contributed by atoms with Gasteiger partial charge < -0.3 is 36.8 Å². The van der Waals surface area contributed by atoms with E-state index in [0.717, 1.165) is 17.7 Å². The fraction of sp³-hybridized carbons (Fsp3) is 0.541. The number of nitrogens with one attached hydrogen (secondary N) is 4. The number of rotatable bonds is 20. The van der Waals surface area contributed by atoms with Crippen molar-refractivity contribution in [2.45, 2.75) is 110 Å². The van der Waals surface area contributed by atoms with Gasteiger partial charge in [0.2, 0.25) is 23.6 Å². The molecule has 0 radical (unpaired) electrons. The van der Waals surface area contributed by atoms with Gasteiger partial charge >= 0.3 is 12.3 Å². The summed E-state index contributed by atoms with van der Waals surface area (Å²) in [5, 5.41) is 20.4. The van der Waals surface area contributed by atoms with Gasteiger partial charge in [-0.1, -0.05) is 96.8 Å². The summed E-state index contributed by atoms with van der Waals surface area (Å²) in [7, 11) is 0. The van der Waals surface area contributed by atoms with Gasteiger partial charge in [-0.15, -0.1) is 13.2 Å². The van der Waals surface area contributed by atoms with Crippen molar-refractivity contribution >= 4 is 29.6 Å². The standard InChI is InChI=1S/C37H52F3N5O7/c1-7-22(5)32(43-29(46)19-25-15-12-16-26(17-25)52-37(38,39)40)34(48)42-28(18-24-13-10-9-11-14-24)27(41)20-30(47)44-33(23(6)8-2)35(49)45-31(21(3)4)36(50)51/h9-17,21-23,27-28,31-33H,7-8,18-20,41H2,1-6H3,(H,42,48)(H,43,46)(H,44,47)(H,45,49)(H,50,51)/t22?,23-,27-,28-,31-,32?,33-/m0/s1. The number of nitrogens with two attached hydrogens (primary N) is 1. The quantitative estimate of drug-likeness (QED) is 0.118. The van der Waals surface area contributed by atoms with E-state index in [9.17, 15) is 42.3 Å². The molecule has 2 aromatic rings. The van der Waals surface area contributed by atoms with E-state index in [1.54, 1.807) is 39.8 Å². The highest BCUT2D eigenvalue weighted by Crippen LogP contribution is 2.23. The average Bonchev–Trinajstić information content (AvgIpc) is 3.06. The molecule has 288 valence electrons. The van der Waals surface area contributed by atoms with E-state index < -0.39 is 77.8 Å². The molecule has 52 heavy (non-hydrogen) atoms. The first kappa shape index (κ1) is 43.5. The van der Waals surface area contributed by atoms with Crippen molar-refractivity contribution in [1.82, 2.24) is 21.3 Å². The topological polar surface area (TPSA) is 189 Å². The lowest BCUT2D eigenvalue weighted by Gasteiger charge is -2.30. The Hall–Kier alpha value is -4.66. The van der Waals surface area contributed by atoms with Crippen LogP contribution in [0.2, 0.25) is 0 Å². The zero-order chi connectivity index (χ0) is 39.2. The highest BCUT2D eigenvalue weighted by atomic mass is 19.4. The first-order valence-electron chi connectivity index (χ1n) is 17.4. The van der Waals surface area contributed by atoms with Gasteiger partial charge in [-0.05, 0) is 47.4 Å². The number of carboxylic acid groups (broad SMARTS) is 1. The average molecular weight is 736 g/mol. The number of alkyl halides is 3. The summed E-state index contributed by atoms with van der Waals surface area (Å²) in [5.74, 6) is -5.19. The summed E-state index contributed by atoms with van der Waals surface area (Å²) in [6.07, 6.45) is -4.31. The molecule has 0 saturated heterocycles. The summed E-state index contributed by atoms with van der Waals surface area (Å²) in [5.41, 5.74) is 7.62. The molecule has 0 aliphatic rings. The van der Waals surface area contributed by atoms with E-state index in [1.165, 1.54) is 12.1 Å². The Morgan fingerprint density at radius 2 is 1.29 bits per heavy atom. The fourth-order valence-electron chi connectivity index (χ4n) is 5.46. The predicted octanol–water partition coefficient (Wildman–Crippen LogP) is 3.86. The maximum absolute atomic E-state index is 13.8. The molecule has 2 unspecified atom stereocenters. The minimum atomic E-state index is -4.90. The number of hydrogen-bond donors (Lipinski definition) is 6. The van der Waals surface area contributed by atoms with Crippen LogP contribution >= 0.6 is 0 Å². The number of halogens is 3. The number of ether oxygens (including phenoxy) is 1. The fourth-order valence-corrected chi connectivity index (χ4v) is 5.46. The van der Waals surface area contributed by atoms with Crippen LogP contribution in [-0.4, -0.2) is 71.3 Å². The monoisotopic (exact) mass is 735 g/mol. The molecule has 4 amide bonds. The summed E-state index contributed by atoms with van der Waals surface area (Å²) in [6, 6.07) is 9.06. The molecule has 0 fully saturated rings. The Kier molecular flexibility index (Phi) is 17.1. The van der Waals surface area contributed by atoms with Crippen LogP contribution in [0.25, 0.3) is 0 Å². The number of carbonyl (C=O) groups excluding carboxylic acids is 4. The van der Waals surface area contributed by atoms with Crippen molar-refractivity contribution in [3.63, 3.8) is 0 Å². The first-order chi connectivity index (χ1) is 24.3. The lowest BCUT2D eigenvalue weighted by Crippen LogP contribution is -2.58. The molecule has 0 saturated carbocycles. The second-order valence-electron chi connectivity index (χ2n) is 13.5. The normalized spacial score (nSPS) is 15.6. The zero-order valence-electron chi connectivity index (χ0n) is 30.5. The largest absolute Gasteiger partial charge is 0.573 e. The predicted molar refractivity (Wildman–Crippen MR) is 189 cm³/mol. The summed E-state index contributed by atoms with van der Waals surface area (Å²) in [6.45, 7) is 10.5. The molecule has 0 aliphatic heterocycles. The second-order valence-corrected chi connectivity index (χ2v) is 13.5. The first-order valence-corrected chi connectivity index (χ1v) is 17.4. The molecule has 7 atom stereocenters. The molecule has 2 aromatic carbocycles. The number of aliphatic carboxylic acids is 1. The molecular formula is C37H52F3N5O7. The van der Waals surface area contributed by atoms with Gasteiger partial charge in [0.15, 0.2) is 0 Å². The van der Waals surface area contributed by atoms with Gasteiger partial charge in [0.05, 0.1) is 6.42 Å². The van der Waals surface area contributed by atoms with Crippen LogP contribution in [0.5, 0.6) is 5.75 Å². The van der Waals surface area contributed by atoms with Gasteiger partial charge in [0.25, 0.3) is 0 Å². The maximum Gasteiger partial charge on any atom is 0.573 e. The van der Waals surface area contributed by atoms with Crippen molar-refractivity contribution in [2.75, 3.05) is 0 Å². The van der Waals surface area contributed by atoms with E-state index in [0.29, 0.717) is 12.8 Å². The Morgan fingerprint density at radius 1 is 0.750 bits per heavy atom. The van der Waals surface area contributed by atoms with Crippen molar-refractivity contribution in [2.24, 2.45) is 23.5 Å². The minimum absolute atomic E-state index is 0.220. The molecule has 0 bridgehead atoms. The number of carbonyl (C=O) groups is 5. The van der Waals surface area contributed by atoms with Gasteiger partial charge in [0.1, 0.15) is 23.9 Å². The third kappa shape index (κ3) is 14.5. The smallest absolute Gasteiger partial charge is 0.480 e. The number of benzene rings is 2. The third-order valence-electron chi connectivity index (χ3n) is 8.92. The van der Waals surface area contributed by atoms with Crippen molar-refractivity contribution < 1.29 is 47.0 Å². The van der Waals surface area contributed by atoms with Gasteiger partial charge in [0, 0.05) is 18.5 Å². The van der Waals surface area contributed by atoms with Crippen molar-refractivity contribution in [3.05, 3.63) is 65.7 Å². The second kappa shape index (κ2) is 20.4. The summed E-state index contributed by atoms with van der Waals surface area (Å²) in [4.78, 5) is 65.2. The maximum atomic E-state index is 13.8. The third-order valence-corrected chi connectivity index (χ3v) is 8.92. The molecule has 7 N–H and O–H groups in total. The van der Waals surface area contributed by atoms with E-state index in [1.807, 2.05) is 32.0 Å². The molecular weight excluding hydrogens is 683 g/mol. The molecule has 0 aliphatic carbocycles. The molecule has 12 nitrogen and oxygen atoms in total. The Morgan fingerprint density at radius 3 is 1.81 bits per heavy atom. The molecule has 2 rings (SSSR count). The molecule has 0 aromatic heterocycles. The highest BCUT2D eigenvalue weighted by Gasteiger charge is 2.34. The molecule has 15 heteroatoms. The van der Waals surface area contributed by atoms with E-state index in [4.69, 9.17) is 5.73 Å². The van der Waals surface area contributed by atoms with Crippen molar-refractivity contribution in [1.29, 1.82) is 0 Å². The van der Waals surface area contributed by atoms with E-state index >= 15 is 0 Å². The number of amides is 4. The van der Waals surface area contributed by atoms with Gasteiger partial charge in [-0.3, -0.25) is 19.2 Å². The van der Waals surface area contributed by atoms with Crippen LogP contribution in [-0.2, 0) is 36.8 Å². The van der Waals surface area contributed by atoms with Crippen LogP contribution in [0.15, 0.2) is 54.6 Å².